The molecule has 0 aliphatic rings. The van der Waals surface area contributed by atoms with Crippen LogP contribution >= 0.6 is 11.6 Å². The Kier molecular flexibility index (Phi) is 4.98. The van der Waals surface area contributed by atoms with Gasteiger partial charge in [-0.1, -0.05) is 17.7 Å². The summed E-state index contributed by atoms with van der Waals surface area (Å²) < 4.78 is 1.72. The molecule has 0 saturated carbocycles. The highest BCUT2D eigenvalue weighted by molar-refractivity contribution is 6.30. The number of aryl methyl sites for hydroxylation is 1. The Morgan fingerprint density at radius 2 is 2.11 bits per heavy atom. The zero-order chi connectivity index (χ0) is 13.5. The first-order valence-corrected chi connectivity index (χ1v) is 6.64. The summed E-state index contributed by atoms with van der Waals surface area (Å²) in [4.78, 5) is 15.6. The second kappa shape index (κ2) is 6.95. The second-order valence-electron chi connectivity index (χ2n) is 4.23. The number of anilines is 1. The average molecular weight is 278 g/mol. The molecular formula is C14H16ClN3O. The molecule has 0 unspecified atom stereocenters. The molecule has 0 aliphatic carbocycles. The average Bonchev–Trinajstić information content (AvgIpc) is 2.42. The van der Waals surface area contributed by atoms with E-state index in [0.29, 0.717) is 5.02 Å². The smallest absolute Gasteiger partial charge is 0.250 e. The third-order valence-electron chi connectivity index (χ3n) is 2.76. The molecule has 2 rings (SSSR count). The first-order chi connectivity index (χ1) is 9.25. The molecule has 0 atom stereocenters. The van der Waals surface area contributed by atoms with Gasteiger partial charge in [0, 0.05) is 31.5 Å². The van der Waals surface area contributed by atoms with Crippen molar-refractivity contribution in [2.24, 2.45) is 0 Å². The predicted molar refractivity (Wildman–Crippen MR) is 77.7 cm³/mol. The van der Waals surface area contributed by atoms with Crippen molar-refractivity contribution in [3.8, 4) is 0 Å². The van der Waals surface area contributed by atoms with E-state index in [1.165, 1.54) is 0 Å². The van der Waals surface area contributed by atoms with E-state index >= 15 is 0 Å². The van der Waals surface area contributed by atoms with Crippen molar-refractivity contribution in [2.45, 2.75) is 19.4 Å². The van der Waals surface area contributed by atoms with Crippen LogP contribution in [-0.4, -0.2) is 16.1 Å². The summed E-state index contributed by atoms with van der Waals surface area (Å²) >= 11 is 5.76. The molecule has 0 radical (unpaired) electrons. The second-order valence-corrected chi connectivity index (χ2v) is 4.66. The summed E-state index contributed by atoms with van der Waals surface area (Å²) in [5.41, 5.74) is 0.0508. The summed E-state index contributed by atoms with van der Waals surface area (Å²) in [5.74, 6) is 0.821. The molecule has 0 fully saturated rings. The van der Waals surface area contributed by atoms with Crippen LogP contribution in [0.5, 0.6) is 0 Å². The Morgan fingerprint density at radius 1 is 1.21 bits per heavy atom. The van der Waals surface area contributed by atoms with Crippen molar-refractivity contribution in [1.82, 2.24) is 9.55 Å². The third-order valence-corrected chi connectivity index (χ3v) is 2.98. The van der Waals surface area contributed by atoms with E-state index < -0.39 is 0 Å². The maximum atomic E-state index is 11.5. The van der Waals surface area contributed by atoms with Gasteiger partial charge in [-0.3, -0.25) is 4.79 Å². The predicted octanol–water partition coefficient (Wildman–Crippen LogP) is 2.79. The Hall–Kier alpha value is -1.81. The Balaban J connectivity index is 1.69. The van der Waals surface area contributed by atoms with Crippen LogP contribution in [0.2, 0.25) is 5.02 Å². The van der Waals surface area contributed by atoms with Crippen molar-refractivity contribution in [3.63, 3.8) is 0 Å². The summed E-state index contributed by atoms with van der Waals surface area (Å²) in [5, 5.41) is 3.85. The van der Waals surface area contributed by atoms with Gasteiger partial charge in [-0.25, -0.2) is 4.98 Å². The molecule has 100 valence electrons. The molecule has 0 spiro atoms. The number of rotatable bonds is 6. The topological polar surface area (TPSA) is 46.9 Å². The van der Waals surface area contributed by atoms with E-state index in [-0.39, 0.29) is 5.56 Å². The molecule has 1 N–H and O–H groups in total. The number of unbranched alkanes of at least 4 members (excludes halogenated alkanes) is 1. The van der Waals surface area contributed by atoms with Crippen LogP contribution in [0.15, 0.2) is 47.5 Å². The van der Waals surface area contributed by atoms with Crippen LogP contribution < -0.4 is 10.9 Å². The number of pyridine rings is 2. The van der Waals surface area contributed by atoms with Crippen LogP contribution in [0.25, 0.3) is 0 Å². The lowest BCUT2D eigenvalue weighted by Crippen LogP contribution is -2.18. The molecule has 0 aromatic carbocycles. The van der Waals surface area contributed by atoms with Crippen molar-refractivity contribution in [3.05, 3.63) is 58.1 Å². The van der Waals surface area contributed by atoms with E-state index in [4.69, 9.17) is 11.6 Å². The van der Waals surface area contributed by atoms with E-state index in [9.17, 15) is 4.79 Å². The summed E-state index contributed by atoms with van der Waals surface area (Å²) in [6, 6.07) is 8.87. The lowest BCUT2D eigenvalue weighted by molar-refractivity contribution is 0.604. The monoisotopic (exact) mass is 277 g/mol. The Bertz CT molecular complexity index is 565. The zero-order valence-electron chi connectivity index (χ0n) is 10.6. The fraction of sp³-hybridized carbons (Fsp3) is 0.286. The molecule has 0 aliphatic heterocycles. The van der Waals surface area contributed by atoms with Crippen LogP contribution in [0.1, 0.15) is 12.8 Å². The SMILES string of the molecule is O=c1ccccn1CCCCNc1ccc(Cl)cn1. The van der Waals surface area contributed by atoms with Crippen molar-refractivity contribution in [2.75, 3.05) is 11.9 Å². The maximum Gasteiger partial charge on any atom is 0.250 e. The van der Waals surface area contributed by atoms with Gasteiger partial charge in [0.25, 0.3) is 0 Å². The number of nitrogens with one attached hydrogen (secondary N) is 1. The first kappa shape index (κ1) is 13.6. The van der Waals surface area contributed by atoms with Gasteiger partial charge in [-0.2, -0.15) is 0 Å². The van der Waals surface area contributed by atoms with Gasteiger partial charge in [0.15, 0.2) is 0 Å². The number of nitrogens with zero attached hydrogens (tertiary/aromatic N) is 2. The van der Waals surface area contributed by atoms with Crippen molar-refractivity contribution in [1.29, 1.82) is 0 Å². The minimum Gasteiger partial charge on any atom is -0.370 e. The van der Waals surface area contributed by atoms with Crippen LogP contribution in [0.3, 0.4) is 0 Å². The minimum atomic E-state index is 0.0508. The van der Waals surface area contributed by atoms with E-state index in [2.05, 4.69) is 10.3 Å². The van der Waals surface area contributed by atoms with Gasteiger partial charge in [-0.15, -0.1) is 0 Å². The van der Waals surface area contributed by atoms with Gasteiger partial charge >= 0.3 is 0 Å². The van der Waals surface area contributed by atoms with Crippen molar-refractivity contribution < 1.29 is 0 Å². The van der Waals surface area contributed by atoms with Gasteiger partial charge in [0.1, 0.15) is 5.82 Å². The van der Waals surface area contributed by atoms with Gasteiger partial charge < -0.3 is 9.88 Å². The van der Waals surface area contributed by atoms with Crippen LogP contribution in [0.4, 0.5) is 5.82 Å². The number of hydrogen-bond donors (Lipinski definition) is 1. The fourth-order valence-corrected chi connectivity index (χ4v) is 1.86. The highest BCUT2D eigenvalue weighted by atomic mass is 35.5. The largest absolute Gasteiger partial charge is 0.370 e. The number of halogens is 1. The van der Waals surface area contributed by atoms with E-state index in [1.54, 1.807) is 29.0 Å². The highest BCUT2D eigenvalue weighted by Crippen LogP contribution is 2.09. The lowest BCUT2D eigenvalue weighted by atomic mass is 10.3. The Labute approximate surface area is 117 Å². The molecule has 2 heterocycles. The summed E-state index contributed by atoms with van der Waals surface area (Å²) in [6.45, 7) is 1.58. The zero-order valence-corrected chi connectivity index (χ0v) is 11.3. The normalized spacial score (nSPS) is 10.4. The molecule has 5 heteroatoms. The third kappa shape index (κ3) is 4.41. The summed E-state index contributed by atoms with van der Waals surface area (Å²) in [7, 11) is 0. The van der Waals surface area contributed by atoms with Crippen LogP contribution in [0, 0.1) is 0 Å². The van der Waals surface area contributed by atoms with E-state index in [1.807, 2.05) is 18.3 Å². The quantitative estimate of drug-likeness (QED) is 0.826. The molecule has 0 amide bonds. The molecule has 2 aromatic heterocycles. The molecular weight excluding hydrogens is 262 g/mol. The molecule has 19 heavy (non-hydrogen) atoms. The van der Waals surface area contributed by atoms with E-state index in [0.717, 1.165) is 31.7 Å². The van der Waals surface area contributed by atoms with Gasteiger partial charge in [0.2, 0.25) is 5.56 Å². The van der Waals surface area contributed by atoms with Gasteiger partial charge in [0.05, 0.1) is 5.02 Å². The molecule has 0 bridgehead atoms. The lowest BCUT2D eigenvalue weighted by Gasteiger charge is -2.06. The maximum absolute atomic E-state index is 11.5. The Morgan fingerprint density at radius 3 is 2.84 bits per heavy atom. The summed E-state index contributed by atoms with van der Waals surface area (Å²) in [6.07, 6.45) is 5.36. The molecule has 4 nitrogen and oxygen atoms in total. The molecule has 0 saturated heterocycles. The van der Waals surface area contributed by atoms with Gasteiger partial charge in [-0.05, 0) is 31.0 Å². The standard InChI is InChI=1S/C14H16ClN3O/c15-12-6-7-13(17-11-12)16-8-2-4-10-18-9-3-1-5-14(18)19/h1,3,5-7,9,11H,2,4,8,10H2,(H,16,17). The van der Waals surface area contributed by atoms with Crippen molar-refractivity contribution >= 4 is 17.4 Å². The first-order valence-electron chi connectivity index (χ1n) is 6.26. The number of aromatic nitrogens is 2. The molecule has 2 aromatic rings. The van der Waals surface area contributed by atoms with Crippen LogP contribution in [-0.2, 0) is 6.54 Å². The minimum absolute atomic E-state index is 0.0508. The fourth-order valence-electron chi connectivity index (χ4n) is 1.75. The highest BCUT2D eigenvalue weighted by Gasteiger charge is 1.96. The number of hydrogen-bond acceptors (Lipinski definition) is 3.